The molecule has 5 aliphatic carbocycles. The topological polar surface area (TPSA) is 114 Å². The highest BCUT2D eigenvalue weighted by molar-refractivity contribution is 5.68. The number of aliphatic hydroxyl groups is 2. The lowest BCUT2D eigenvalue weighted by Gasteiger charge is -2.63. The Morgan fingerprint density at radius 1 is 1.09 bits per heavy atom. The second-order valence-corrected chi connectivity index (χ2v) is 17.4. The molecule has 13 atom stereocenters. The molecule has 2 saturated heterocycles. The molecular weight excluding hydrogens is 544 g/mol. The number of amides is 1. The van der Waals surface area contributed by atoms with Gasteiger partial charge in [0, 0.05) is 25.1 Å². The van der Waals surface area contributed by atoms with E-state index in [2.05, 4.69) is 27.7 Å². The predicted molar refractivity (Wildman–Crippen MR) is 163 cm³/mol. The summed E-state index contributed by atoms with van der Waals surface area (Å²) in [6.07, 6.45) is 7.27. The molecule has 4 N–H and O–H groups in total. The maximum absolute atomic E-state index is 12.8. The van der Waals surface area contributed by atoms with Gasteiger partial charge in [0.1, 0.15) is 12.2 Å². The molecule has 2 aliphatic heterocycles. The van der Waals surface area contributed by atoms with Crippen LogP contribution in [-0.4, -0.2) is 82.6 Å². The van der Waals surface area contributed by atoms with Crippen LogP contribution in [0.25, 0.3) is 0 Å². The molecule has 244 valence electrons. The quantitative estimate of drug-likeness (QED) is 0.411. The molecule has 2 heterocycles. The van der Waals surface area contributed by atoms with Gasteiger partial charge in [0.2, 0.25) is 0 Å². The number of carbonyl (C=O) groups is 1. The minimum Gasteiger partial charge on any atom is -0.446 e. The van der Waals surface area contributed by atoms with Crippen molar-refractivity contribution in [2.75, 3.05) is 19.7 Å². The van der Waals surface area contributed by atoms with Gasteiger partial charge < -0.3 is 35.1 Å². The summed E-state index contributed by atoms with van der Waals surface area (Å²) in [6.45, 7) is 17.0. The molecule has 43 heavy (non-hydrogen) atoms. The molecule has 0 unspecified atom stereocenters. The van der Waals surface area contributed by atoms with E-state index in [1.54, 1.807) is 13.8 Å². The maximum atomic E-state index is 12.8. The molecule has 0 bridgehead atoms. The Kier molecular flexibility index (Phi) is 6.82. The number of nitrogens with zero attached hydrogens (tertiary/aromatic N) is 1. The normalized spacial score (nSPS) is 52.0. The van der Waals surface area contributed by atoms with E-state index in [4.69, 9.17) is 19.9 Å². The zero-order chi connectivity index (χ0) is 31.0. The van der Waals surface area contributed by atoms with E-state index in [1.807, 2.05) is 11.8 Å². The van der Waals surface area contributed by atoms with Crippen LogP contribution in [0.15, 0.2) is 0 Å². The fraction of sp³-hybridized carbons (Fsp3) is 0.971. The van der Waals surface area contributed by atoms with Crippen LogP contribution in [-0.2, 0) is 14.2 Å². The number of ether oxygens (including phenoxy) is 3. The van der Waals surface area contributed by atoms with E-state index in [9.17, 15) is 15.0 Å². The van der Waals surface area contributed by atoms with Crippen LogP contribution >= 0.6 is 0 Å². The molecule has 0 aromatic heterocycles. The zero-order valence-electron chi connectivity index (χ0n) is 27.7. The Morgan fingerprint density at radius 2 is 1.77 bits per heavy atom. The number of hydrogen-bond donors (Lipinski definition) is 3. The van der Waals surface area contributed by atoms with Gasteiger partial charge in [0.25, 0.3) is 0 Å². The number of likely N-dealkylation sites (tertiary alicyclic amines) is 1. The molecule has 7 fully saturated rings. The van der Waals surface area contributed by atoms with Gasteiger partial charge in [0.15, 0.2) is 0 Å². The molecule has 7 rings (SSSR count). The van der Waals surface area contributed by atoms with Crippen LogP contribution in [0.2, 0.25) is 0 Å². The van der Waals surface area contributed by atoms with E-state index < -0.39 is 23.3 Å². The van der Waals surface area contributed by atoms with E-state index >= 15 is 0 Å². The molecule has 5 saturated carbocycles. The van der Waals surface area contributed by atoms with Gasteiger partial charge in [-0.1, -0.05) is 27.7 Å². The fourth-order valence-corrected chi connectivity index (χ4v) is 13.0. The lowest BCUT2D eigenvalue weighted by Crippen LogP contribution is -2.70. The van der Waals surface area contributed by atoms with Gasteiger partial charge in [-0.05, 0) is 118 Å². The van der Waals surface area contributed by atoms with Crippen LogP contribution in [0.3, 0.4) is 0 Å². The van der Waals surface area contributed by atoms with Crippen molar-refractivity contribution in [2.24, 2.45) is 51.1 Å². The first-order valence-corrected chi connectivity index (χ1v) is 17.5. The van der Waals surface area contributed by atoms with Gasteiger partial charge in [-0.15, -0.1) is 0 Å². The Balaban J connectivity index is 1.16. The smallest absolute Gasteiger partial charge is 0.410 e. The number of carbonyl (C=O) groups excluding carboxylic acids is 1. The molecule has 0 aromatic carbocycles. The summed E-state index contributed by atoms with van der Waals surface area (Å²) in [7, 11) is 0. The minimum atomic E-state index is -1.05. The second-order valence-electron chi connectivity index (χ2n) is 17.4. The highest BCUT2D eigenvalue weighted by Crippen LogP contribution is 2.87. The van der Waals surface area contributed by atoms with Crippen molar-refractivity contribution in [3.8, 4) is 0 Å². The van der Waals surface area contributed by atoms with Crippen molar-refractivity contribution in [3.05, 3.63) is 0 Å². The van der Waals surface area contributed by atoms with Gasteiger partial charge in [-0.2, -0.15) is 0 Å². The zero-order valence-corrected chi connectivity index (χ0v) is 27.7. The molecule has 8 heteroatoms. The lowest BCUT2D eigenvalue weighted by atomic mass is 9.43. The van der Waals surface area contributed by atoms with Crippen LogP contribution in [0, 0.1) is 45.3 Å². The average Bonchev–Trinajstić information content (AvgIpc) is 3.52. The third-order valence-electron chi connectivity index (χ3n) is 15.0. The Hall–Kier alpha value is -0.930. The molecule has 0 aromatic rings. The van der Waals surface area contributed by atoms with Crippen molar-refractivity contribution >= 4 is 6.09 Å². The minimum absolute atomic E-state index is 0.0497. The van der Waals surface area contributed by atoms with E-state index in [0.29, 0.717) is 18.4 Å². The van der Waals surface area contributed by atoms with Crippen molar-refractivity contribution in [2.45, 2.75) is 148 Å². The number of hydrogen-bond acceptors (Lipinski definition) is 7. The molecule has 1 amide bonds. The summed E-state index contributed by atoms with van der Waals surface area (Å²) in [5.41, 5.74) is 6.03. The first kappa shape index (κ1) is 30.7. The van der Waals surface area contributed by atoms with Crippen molar-refractivity contribution < 1.29 is 29.2 Å². The van der Waals surface area contributed by atoms with Crippen molar-refractivity contribution in [1.82, 2.24) is 4.90 Å². The number of rotatable bonds is 5. The average molecular weight is 603 g/mol. The summed E-state index contributed by atoms with van der Waals surface area (Å²) >= 11 is 0. The molecule has 7 aliphatic rings. The third kappa shape index (κ3) is 3.82. The van der Waals surface area contributed by atoms with Crippen molar-refractivity contribution in [3.63, 3.8) is 0 Å². The highest BCUT2D eigenvalue weighted by Gasteiger charge is 2.85. The number of aliphatic hydroxyl groups excluding tert-OH is 1. The van der Waals surface area contributed by atoms with Crippen LogP contribution < -0.4 is 5.73 Å². The number of fused-ring (bicyclic) bond motifs is 4. The highest BCUT2D eigenvalue weighted by atomic mass is 16.6. The molecule has 2 spiro atoms. The summed E-state index contributed by atoms with van der Waals surface area (Å²) in [6, 6.07) is 0. The lowest BCUT2D eigenvalue weighted by molar-refractivity contribution is -0.214. The van der Waals surface area contributed by atoms with Gasteiger partial charge in [0.05, 0.1) is 29.5 Å². The molecule has 8 nitrogen and oxygen atoms in total. The Bertz CT molecular complexity index is 1140. The SMILES string of the molecule is CCO[C@@H]([C@H]1C[C@@H](C)[C@H]2[C@H](O1)[C@H](O)[C@@]1(N)[C@@H]3CC[C@H]4C(C)(C)[C@@H](OC(=O)N5CCC5)CC[C@@]45C[C@@]35CC[C@]21C)C(C)(C)O. The maximum Gasteiger partial charge on any atom is 0.410 e. The van der Waals surface area contributed by atoms with Crippen LogP contribution in [0.5, 0.6) is 0 Å². The van der Waals surface area contributed by atoms with E-state index in [1.165, 1.54) is 6.42 Å². The first-order chi connectivity index (χ1) is 20.1. The summed E-state index contributed by atoms with van der Waals surface area (Å²) in [4.78, 5) is 14.7. The predicted octanol–water partition coefficient (Wildman–Crippen LogP) is 4.88. The molecule has 0 radical (unpaired) electrons. The summed E-state index contributed by atoms with van der Waals surface area (Å²) < 4.78 is 19.1. The monoisotopic (exact) mass is 602 g/mol. The van der Waals surface area contributed by atoms with Gasteiger partial charge >= 0.3 is 6.09 Å². The second kappa shape index (κ2) is 9.56. The molecular formula is C35H58N2O6. The van der Waals surface area contributed by atoms with Crippen LogP contribution in [0.1, 0.15) is 106 Å². The van der Waals surface area contributed by atoms with Gasteiger partial charge in [-0.25, -0.2) is 4.79 Å². The van der Waals surface area contributed by atoms with E-state index in [-0.39, 0.29) is 57.9 Å². The van der Waals surface area contributed by atoms with Crippen LogP contribution in [0.4, 0.5) is 4.79 Å². The van der Waals surface area contributed by atoms with Gasteiger partial charge in [-0.3, -0.25) is 0 Å². The standard InChI is InChI=1S/C35H58N2O6/c1-8-41-28(31(5,6)40)21-18-20(2)25-26(42-21)27(38)35(36)23-11-10-22-30(3,4)24(43-29(39)37-16-9-17-37)12-13-33(22)19-34(23,33)15-14-32(25,35)7/h20-28,38,40H,8-19,36H2,1-7H3/t20-,21-,22+,23-,24+,25+,26+,27+,28+,32-,33-,34+,35+/m1/s1. The summed E-state index contributed by atoms with van der Waals surface area (Å²) in [5.74, 6) is 1.21. The number of nitrogens with two attached hydrogens (primary N) is 1. The Morgan fingerprint density at radius 3 is 2.40 bits per heavy atom. The first-order valence-electron chi connectivity index (χ1n) is 17.5. The van der Waals surface area contributed by atoms with E-state index in [0.717, 1.165) is 64.5 Å². The Labute approximate surface area is 258 Å². The largest absolute Gasteiger partial charge is 0.446 e. The fourth-order valence-electron chi connectivity index (χ4n) is 13.0. The van der Waals surface area contributed by atoms with Crippen molar-refractivity contribution in [1.29, 1.82) is 0 Å². The third-order valence-corrected chi connectivity index (χ3v) is 15.0. The summed E-state index contributed by atoms with van der Waals surface area (Å²) in [5, 5.41) is 23.4.